The van der Waals surface area contributed by atoms with E-state index in [4.69, 9.17) is 0 Å². The quantitative estimate of drug-likeness (QED) is 0.0990. The van der Waals surface area contributed by atoms with Crippen LogP contribution in [0.15, 0.2) is 320 Å². The smallest absolute Gasteiger partial charge is 0.423 e. The normalized spacial score (nSPS) is 11.3. The molecule has 84 heavy (non-hydrogen) atoms. The van der Waals surface area contributed by atoms with Gasteiger partial charge in [0.1, 0.15) is 0 Å². The Morgan fingerprint density at radius 1 is 0.202 bits per heavy atom. The van der Waals surface area contributed by atoms with Crippen LogP contribution in [0.5, 0.6) is 0 Å². The molecule has 0 spiro atoms. The molecule has 16 aromatic rings. The number of hydrogen-bond donors (Lipinski definition) is 2. The van der Waals surface area contributed by atoms with Crippen molar-refractivity contribution in [1.29, 1.82) is 0 Å². The maximum absolute atomic E-state index is 10.2. The van der Waals surface area contributed by atoms with Crippen LogP contribution in [-0.4, -0.2) is 17.2 Å². The third-order valence-corrected chi connectivity index (χ3v) is 17.2. The molecule has 0 aromatic heterocycles. The summed E-state index contributed by atoms with van der Waals surface area (Å²) in [4.78, 5) is 0. The lowest BCUT2D eigenvalue weighted by Crippen LogP contribution is -2.31. The summed E-state index contributed by atoms with van der Waals surface area (Å²) in [6, 6.07) is 111. The molecule has 0 fully saturated rings. The van der Waals surface area contributed by atoms with Gasteiger partial charge in [-0.3, -0.25) is 0 Å². The standard InChI is InChI=1S/C40H26.C26H19BO2.C14H9Br/c1-2-13-27(14-3-1)30-17-6-7-18-33(30)39-35-19-8-10-21-37(35)40(38-22-11-9-20-36(38)39)34-24-12-23-31-29-16-5-4-15-28(29)25-26-32(31)34;28-27(29)26-23-16-8-6-14-21(23)25(22-15-7-9-17-24(22)26)20-13-5-4-12-19(20)18-10-2-1-3-11-18;15-14-7-3-6-12-11-5-2-1-4-10(11)8-9-13(12)14/h1-26H;1-17,28-29H;1-9H. The minimum Gasteiger partial charge on any atom is -0.423 e. The van der Waals surface area contributed by atoms with Crippen LogP contribution in [0.3, 0.4) is 0 Å². The van der Waals surface area contributed by atoms with Gasteiger partial charge in [0.2, 0.25) is 0 Å². The average Bonchev–Trinajstić information content (AvgIpc) is 2.62. The molecule has 0 aliphatic heterocycles. The van der Waals surface area contributed by atoms with E-state index in [1.807, 2.05) is 54.6 Å². The molecule has 0 atom stereocenters. The predicted octanol–water partition coefficient (Wildman–Crippen LogP) is 21.1. The van der Waals surface area contributed by atoms with Crippen molar-refractivity contribution in [2.24, 2.45) is 0 Å². The highest BCUT2D eigenvalue weighted by molar-refractivity contribution is 9.10. The van der Waals surface area contributed by atoms with Crippen molar-refractivity contribution in [2.45, 2.75) is 0 Å². The van der Waals surface area contributed by atoms with Gasteiger partial charge in [0, 0.05) is 4.47 Å². The van der Waals surface area contributed by atoms with E-state index in [1.54, 1.807) is 0 Å². The van der Waals surface area contributed by atoms with Crippen LogP contribution in [0.4, 0.5) is 0 Å². The highest BCUT2D eigenvalue weighted by atomic mass is 79.9. The predicted molar refractivity (Wildman–Crippen MR) is 364 cm³/mol. The van der Waals surface area contributed by atoms with E-state index < -0.39 is 7.12 Å². The van der Waals surface area contributed by atoms with Gasteiger partial charge in [-0.15, -0.1) is 0 Å². The molecule has 0 saturated heterocycles. The Balaban J connectivity index is 0.000000124. The van der Waals surface area contributed by atoms with Crippen molar-refractivity contribution >= 4 is 115 Å². The summed E-state index contributed by atoms with van der Waals surface area (Å²) in [5, 5.41) is 39.5. The molecule has 0 bridgehead atoms. The molecule has 0 amide bonds. The van der Waals surface area contributed by atoms with Crippen molar-refractivity contribution in [3.05, 3.63) is 320 Å². The Kier molecular flexibility index (Phi) is 14.1. The maximum atomic E-state index is 10.2. The SMILES string of the molecule is Brc1cccc2c1ccc1ccccc12.OB(O)c1c2ccccc2c(-c2ccccc2-c2ccccc2)c2ccccc12.c1ccc(-c2ccccc2-c2c3ccccc3c(-c3cccc4c3ccc3ccccc34)c3ccccc23)cc1. The zero-order valence-electron chi connectivity index (χ0n) is 45.9. The van der Waals surface area contributed by atoms with Gasteiger partial charge in [0.25, 0.3) is 0 Å². The van der Waals surface area contributed by atoms with Gasteiger partial charge in [-0.25, -0.2) is 0 Å². The first-order valence-electron chi connectivity index (χ1n) is 28.5. The summed E-state index contributed by atoms with van der Waals surface area (Å²) in [7, 11) is -1.54. The van der Waals surface area contributed by atoms with Crippen molar-refractivity contribution in [3.8, 4) is 55.6 Å². The molecule has 0 radical (unpaired) electrons. The van der Waals surface area contributed by atoms with Crippen molar-refractivity contribution < 1.29 is 10.0 Å². The highest BCUT2D eigenvalue weighted by Gasteiger charge is 2.24. The second-order valence-corrected chi connectivity index (χ2v) is 22.1. The third-order valence-electron chi connectivity index (χ3n) is 16.5. The Hall–Kier alpha value is -9.94. The Morgan fingerprint density at radius 2 is 0.500 bits per heavy atom. The van der Waals surface area contributed by atoms with Crippen molar-refractivity contribution in [1.82, 2.24) is 0 Å². The topological polar surface area (TPSA) is 40.5 Å². The van der Waals surface area contributed by atoms with Crippen LogP contribution >= 0.6 is 15.9 Å². The molecule has 0 aliphatic rings. The van der Waals surface area contributed by atoms with Gasteiger partial charge in [0.05, 0.1) is 0 Å². The highest BCUT2D eigenvalue weighted by Crippen LogP contribution is 2.48. The molecule has 0 saturated carbocycles. The first-order chi connectivity index (χ1) is 41.5. The van der Waals surface area contributed by atoms with Gasteiger partial charge >= 0.3 is 7.12 Å². The third kappa shape index (κ3) is 9.47. The molecule has 2 nitrogen and oxygen atoms in total. The van der Waals surface area contributed by atoms with Gasteiger partial charge < -0.3 is 10.0 Å². The molecule has 16 rings (SSSR count). The van der Waals surface area contributed by atoms with E-state index in [-0.39, 0.29) is 0 Å². The maximum Gasteiger partial charge on any atom is 0.489 e. The van der Waals surface area contributed by atoms with E-state index in [0.717, 1.165) is 48.3 Å². The van der Waals surface area contributed by atoms with Crippen LogP contribution in [0.25, 0.3) is 142 Å². The lowest BCUT2D eigenvalue weighted by Gasteiger charge is -2.20. The second-order valence-electron chi connectivity index (χ2n) is 21.2. The first-order valence-corrected chi connectivity index (χ1v) is 29.3. The minimum absolute atomic E-state index is 0.553. The molecule has 2 N–H and O–H groups in total. The Labute approximate surface area is 497 Å². The number of rotatable bonds is 6. The van der Waals surface area contributed by atoms with E-state index in [2.05, 4.69) is 277 Å². The monoisotopic (exact) mass is 1140 g/mol. The molecular formula is C80H54BBrO2. The zero-order valence-corrected chi connectivity index (χ0v) is 47.5. The second kappa shape index (κ2) is 22.8. The first kappa shape index (κ1) is 52.2. The lowest BCUT2D eigenvalue weighted by molar-refractivity contribution is 0.426. The average molecular weight is 1140 g/mol. The zero-order chi connectivity index (χ0) is 56.5. The van der Waals surface area contributed by atoms with Crippen molar-refractivity contribution in [3.63, 3.8) is 0 Å². The van der Waals surface area contributed by atoms with Crippen LogP contribution in [0.1, 0.15) is 0 Å². The van der Waals surface area contributed by atoms with Gasteiger partial charge in [-0.05, 0) is 153 Å². The fourth-order valence-electron chi connectivity index (χ4n) is 12.8. The van der Waals surface area contributed by atoms with Gasteiger partial charge in [-0.2, -0.15) is 0 Å². The van der Waals surface area contributed by atoms with E-state index >= 15 is 0 Å². The summed E-state index contributed by atoms with van der Waals surface area (Å²) < 4.78 is 1.16. The Morgan fingerprint density at radius 3 is 0.940 bits per heavy atom. The summed E-state index contributed by atoms with van der Waals surface area (Å²) in [5.41, 5.74) is 12.7. The van der Waals surface area contributed by atoms with Crippen LogP contribution in [-0.2, 0) is 0 Å². The molecule has 16 aromatic carbocycles. The summed E-state index contributed by atoms with van der Waals surface area (Å²) in [6.45, 7) is 0. The van der Waals surface area contributed by atoms with E-state index in [9.17, 15) is 10.0 Å². The molecule has 0 heterocycles. The molecule has 0 unspecified atom stereocenters. The summed E-state index contributed by atoms with van der Waals surface area (Å²) in [5.74, 6) is 0. The summed E-state index contributed by atoms with van der Waals surface area (Å²) >= 11 is 3.58. The van der Waals surface area contributed by atoms with Crippen LogP contribution in [0.2, 0.25) is 0 Å². The van der Waals surface area contributed by atoms with Gasteiger partial charge in [0.15, 0.2) is 0 Å². The summed E-state index contributed by atoms with van der Waals surface area (Å²) in [6.07, 6.45) is 0. The minimum atomic E-state index is -1.54. The number of benzene rings is 16. The fraction of sp³-hybridized carbons (Fsp3) is 0. The molecule has 4 heteroatoms. The number of hydrogen-bond acceptors (Lipinski definition) is 2. The molecule has 396 valence electrons. The van der Waals surface area contributed by atoms with Crippen molar-refractivity contribution in [2.75, 3.05) is 0 Å². The fourth-order valence-corrected chi connectivity index (χ4v) is 13.3. The van der Waals surface area contributed by atoms with Gasteiger partial charge in [-0.1, -0.05) is 325 Å². The number of halogens is 1. The van der Waals surface area contributed by atoms with E-state index in [1.165, 1.54) is 98.0 Å². The van der Waals surface area contributed by atoms with Crippen LogP contribution in [0, 0.1) is 0 Å². The molecule has 0 aliphatic carbocycles. The lowest BCUT2D eigenvalue weighted by atomic mass is 9.72. The Bertz CT molecular complexity index is 5020. The van der Waals surface area contributed by atoms with Crippen LogP contribution < -0.4 is 5.46 Å². The molecular weight excluding hydrogens is 1080 g/mol. The largest absolute Gasteiger partial charge is 0.489 e. The number of fused-ring (bicyclic) bond motifs is 10. The van der Waals surface area contributed by atoms with E-state index in [0.29, 0.717) is 5.46 Å².